The zero-order valence-electron chi connectivity index (χ0n) is 25.8. The van der Waals surface area contributed by atoms with E-state index in [0.29, 0.717) is 53.3 Å². The van der Waals surface area contributed by atoms with Gasteiger partial charge in [-0.1, -0.05) is 84.7 Å². The minimum atomic E-state index is -4.27. The van der Waals surface area contributed by atoms with Gasteiger partial charge in [0, 0.05) is 35.6 Å². The van der Waals surface area contributed by atoms with Crippen molar-refractivity contribution in [3.05, 3.63) is 118 Å². The molecule has 4 aromatic rings. The Morgan fingerprint density at radius 2 is 1.55 bits per heavy atom. The van der Waals surface area contributed by atoms with Gasteiger partial charge in [0.2, 0.25) is 11.8 Å². The largest absolute Gasteiger partial charge is 0.486 e. The van der Waals surface area contributed by atoms with E-state index in [1.54, 1.807) is 48.5 Å². The zero-order chi connectivity index (χ0) is 33.4. The molecule has 5 rings (SSSR count). The Balaban J connectivity index is 1.59. The monoisotopic (exact) mass is 695 g/mol. The fraction of sp³-hybridized carbons (Fsp3) is 0.257. The summed E-state index contributed by atoms with van der Waals surface area (Å²) in [6.07, 6.45) is 0.872. The van der Waals surface area contributed by atoms with Gasteiger partial charge in [0.25, 0.3) is 10.0 Å². The number of fused-ring (bicyclic) bond motifs is 1. The van der Waals surface area contributed by atoms with Crippen LogP contribution in [0.1, 0.15) is 24.5 Å². The molecule has 1 aliphatic rings. The van der Waals surface area contributed by atoms with Crippen molar-refractivity contribution in [2.45, 2.75) is 37.2 Å². The second-order valence-corrected chi connectivity index (χ2v) is 13.6. The number of rotatable bonds is 13. The molecule has 0 bridgehead atoms. The van der Waals surface area contributed by atoms with Crippen molar-refractivity contribution >= 4 is 50.7 Å². The van der Waals surface area contributed by atoms with E-state index >= 15 is 0 Å². The van der Waals surface area contributed by atoms with Crippen LogP contribution in [0.4, 0.5) is 5.69 Å². The van der Waals surface area contributed by atoms with E-state index in [4.69, 9.17) is 32.7 Å². The Hall–Kier alpha value is -4.25. The summed E-state index contributed by atoms with van der Waals surface area (Å²) in [5.74, 6) is -0.151. The molecule has 4 aromatic carbocycles. The predicted molar refractivity (Wildman–Crippen MR) is 183 cm³/mol. The average Bonchev–Trinajstić information content (AvgIpc) is 3.09. The lowest BCUT2D eigenvalue weighted by Gasteiger charge is -2.34. The molecule has 0 unspecified atom stereocenters. The van der Waals surface area contributed by atoms with Gasteiger partial charge < -0.3 is 19.7 Å². The average molecular weight is 697 g/mol. The first-order valence-electron chi connectivity index (χ1n) is 15.2. The van der Waals surface area contributed by atoms with Gasteiger partial charge in [-0.2, -0.15) is 0 Å². The van der Waals surface area contributed by atoms with Crippen LogP contribution >= 0.6 is 23.2 Å². The molecular formula is C35H35Cl2N3O6S. The van der Waals surface area contributed by atoms with Gasteiger partial charge in [0.15, 0.2) is 11.5 Å². The number of halogens is 2. The first-order valence-corrected chi connectivity index (χ1v) is 17.4. The predicted octanol–water partition coefficient (Wildman–Crippen LogP) is 6.13. The molecule has 1 heterocycles. The number of amides is 2. The van der Waals surface area contributed by atoms with Crippen LogP contribution in [0.15, 0.2) is 102 Å². The van der Waals surface area contributed by atoms with Crippen molar-refractivity contribution in [3.8, 4) is 11.5 Å². The highest BCUT2D eigenvalue weighted by molar-refractivity contribution is 7.92. The Labute approximate surface area is 285 Å². The maximum atomic E-state index is 14.6. The van der Waals surface area contributed by atoms with Gasteiger partial charge in [-0.15, -0.1) is 0 Å². The van der Waals surface area contributed by atoms with Gasteiger partial charge in [-0.25, -0.2) is 8.42 Å². The van der Waals surface area contributed by atoms with Crippen molar-refractivity contribution in [1.82, 2.24) is 10.2 Å². The van der Waals surface area contributed by atoms with Gasteiger partial charge >= 0.3 is 0 Å². The molecule has 0 spiro atoms. The number of hydrogen-bond donors (Lipinski definition) is 1. The highest BCUT2D eigenvalue weighted by atomic mass is 35.5. The van der Waals surface area contributed by atoms with E-state index < -0.39 is 28.5 Å². The van der Waals surface area contributed by atoms with Crippen molar-refractivity contribution in [3.63, 3.8) is 0 Å². The molecular weight excluding hydrogens is 661 g/mol. The molecule has 47 heavy (non-hydrogen) atoms. The van der Waals surface area contributed by atoms with E-state index in [1.165, 1.54) is 23.1 Å². The van der Waals surface area contributed by atoms with E-state index in [2.05, 4.69) is 5.32 Å². The summed E-state index contributed by atoms with van der Waals surface area (Å²) in [5, 5.41) is 3.65. The number of ether oxygens (including phenoxy) is 2. The Morgan fingerprint density at radius 1 is 0.872 bits per heavy atom. The lowest BCUT2D eigenvalue weighted by atomic mass is 10.0. The molecule has 1 aliphatic heterocycles. The lowest BCUT2D eigenvalue weighted by Crippen LogP contribution is -2.53. The summed E-state index contributed by atoms with van der Waals surface area (Å²) >= 11 is 12.7. The number of nitrogens with zero attached hydrogens (tertiary/aromatic N) is 2. The van der Waals surface area contributed by atoms with Crippen molar-refractivity contribution in [1.29, 1.82) is 0 Å². The first kappa shape index (κ1) is 34.1. The first-order chi connectivity index (χ1) is 22.7. The van der Waals surface area contributed by atoms with Crippen molar-refractivity contribution in [2.24, 2.45) is 0 Å². The number of anilines is 1. The molecule has 1 atom stereocenters. The number of carbonyl (C=O) groups excluding carboxylic acids is 2. The molecule has 1 N–H and O–H groups in total. The van der Waals surface area contributed by atoms with Crippen LogP contribution in [0.3, 0.4) is 0 Å². The highest BCUT2D eigenvalue weighted by Gasteiger charge is 2.35. The van der Waals surface area contributed by atoms with Gasteiger partial charge in [0.05, 0.1) is 10.6 Å². The van der Waals surface area contributed by atoms with E-state index in [9.17, 15) is 18.0 Å². The fourth-order valence-corrected chi connectivity index (χ4v) is 7.08. The van der Waals surface area contributed by atoms with Crippen LogP contribution in [-0.2, 0) is 32.6 Å². The Kier molecular flexibility index (Phi) is 11.3. The summed E-state index contributed by atoms with van der Waals surface area (Å²) in [6.45, 7) is 2.30. The van der Waals surface area contributed by atoms with Gasteiger partial charge in [-0.3, -0.25) is 13.9 Å². The number of nitrogens with one attached hydrogen (secondary N) is 1. The topological polar surface area (TPSA) is 105 Å². The van der Waals surface area contributed by atoms with Crippen molar-refractivity contribution < 1.29 is 27.5 Å². The summed E-state index contributed by atoms with van der Waals surface area (Å²) in [7, 11) is -4.27. The maximum absolute atomic E-state index is 14.6. The molecule has 0 fully saturated rings. The fourth-order valence-electron chi connectivity index (χ4n) is 5.19. The van der Waals surface area contributed by atoms with E-state index in [-0.39, 0.29) is 29.5 Å². The highest BCUT2D eigenvalue weighted by Crippen LogP contribution is 2.36. The SMILES string of the molecule is CCCNC(=O)[C@H](Cc1ccccc1)N(Cc1ccc(Cl)cc1Cl)C(=O)CN(c1ccc2c(c1)OCCO2)S(=O)(=O)c1ccccc1. The van der Waals surface area contributed by atoms with E-state index in [0.717, 1.165) is 9.87 Å². The van der Waals surface area contributed by atoms with Crippen LogP contribution in [0.25, 0.3) is 0 Å². The number of benzene rings is 4. The van der Waals surface area contributed by atoms with E-state index in [1.807, 2.05) is 37.3 Å². The van der Waals surface area contributed by atoms with Crippen molar-refractivity contribution in [2.75, 3.05) is 30.6 Å². The van der Waals surface area contributed by atoms with Crippen LogP contribution < -0.4 is 19.1 Å². The summed E-state index contributed by atoms with van der Waals surface area (Å²) in [4.78, 5) is 29.8. The smallest absolute Gasteiger partial charge is 0.264 e. The lowest BCUT2D eigenvalue weighted by molar-refractivity contribution is -0.140. The minimum Gasteiger partial charge on any atom is -0.486 e. The van der Waals surface area contributed by atoms with Crippen LogP contribution in [0.2, 0.25) is 10.0 Å². The molecule has 0 saturated heterocycles. The quantitative estimate of drug-likeness (QED) is 0.181. The zero-order valence-corrected chi connectivity index (χ0v) is 28.1. The van der Waals surface area contributed by atoms with Crippen LogP contribution in [-0.4, -0.2) is 57.5 Å². The molecule has 0 radical (unpaired) electrons. The van der Waals surface area contributed by atoms with Gasteiger partial charge in [-0.05, 0) is 53.9 Å². The number of sulfonamides is 1. The Bertz CT molecular complexity index is 1810. The molecule has 246 valence electrons. The molecule has 9 nitrogen and oxygen atoms in total. The maximum Gasteiger partial charge on any atom is 0.264 e. The second-order valence-electron chi connectivity index (χ2n) is 10.9. The van der Waals surface area contributed by atoms with Gasteiger partial charge in [0.1, 0.15) is 25.8 Å². The minimum absolute atomic E-state index is 0.00323. The standard InChI is InChI=1S/C35H35Cl2N3O6S/c1-2-17-38-35(42)31(20-25-9-5-3-6-10-25)39(23-26-13-14-27(36)21-30(26)37)34(41)24-40(47(43,44)29-11-7-4-8-12-29)28-15-16-32-33(22-28)46-19-18-45-32/h3-16,21-22,31H,2,17-20,23-24H2,1H3,(H,38,42)/t31-/m0/s1. The number of carbonyl (C=O) groups is 2. The number of hydrogen-bond acceptors (Lipinski definition) is 6. The second kappa shape index (κ2) is 15.6. The molecule has 0 aliphatic carbocycles. The van der Waals surface area contributed by atoms with Crippen LogP contribution in [0.5, 0.6) is 11.5 Å². The summed E-state index contributed by atoms with van der Waals surface area (Å²) in [5.41, 5.74) is 1.57. The summed E-state index contributed by atoms with van der Waals surface area (Å²) in [6, 6.07) is 25.8. The summed E-state index contributed by atoms with van der Waals surface area (Å²) < 4.78 is 40.8. The Morgan fingerprint density at radius 3 is 2.23 bits per heavy atom. The third kappa shape index (κ3) is 8.38. The normalized spacial score (nSPS) is 13.0. The van der Waals surface area contributed by atoms with Crippen LogP contribution in [0, 0.1) is 0 Å². The third-order valence-corrected chi connectivity index (χ3v) is 9.97. The molecule has 12 heteroatoms. The third-order valence-electron chi connectivity index (χ3n) is 7.60. The molecule has 0 aromatic heterocycles. The molecule has 0 saturated carbocycles. The molecule has 2 amide bonds.